The van der Waals surface area contributed by atoms with E-state index in [1.54, 1.807) is 0 Å². The third-order valence-corrected chi connectivity index (χ3v) is 1.74. The lowest BCUT2D eigenvalue weighted by atomic mass is 9.95. The van der Waals surface area contributed by atoms with Gasteiger partial charge in [0.15, 0.2) is 0 Å². The predicted octanol–water partition coefficient (Wildman–Crippen LogP) is 0.536. The van der Waals surface area contributed by atoms with Crippen LogP contribution in [-0.4, -0.2) is 19.3 Å². The van der Waals surface area contributed by atoms with Crippen LogP contribution in [0.3, 0.4) is 0 Å². The molecular weight excluding hydrogens is 114 g/mol. The van der Waals surface area contributed by atoms with Gasteiger partial charge in [0.1, 0.15) is 0 Å². The second-order valence-corrected chi connectivity index (χ2v) is 2.37. The number of hydrogen-bond acceptors (Lipinski definition) is 2. The standard InChI is InChI=1S/C7H13NO/c1-2-7-6(3-4-8)5-9-7/h2,6-7H,1,3-5,8H2. The van der Waals surface area contributed by atoms with Crippen LogP contribution in [0.15, 0.2) is 12.7 Å². The van der Waals surface area contributed by atoms with Gasteiger partial charge in [0, 0.05) is 5.92 Å². The molecule has 9 heavy (non-hydrogen) atoms. The van der Waals surface area contributed by atoms with Crippen LogP contribution in [-0.2, 0) is 4.74 Å². The van der Waals surface area contributed by atoms with E-state index in [2.05, 4.69) is 6.58 Å². The van der Waals surface area contributed by atoms with Gasteiger partial charge in [0.05, 0.1) is 12.7 Å². The molecule has 2 heteroatoms. The zero-order valence-corrected chi connectivity index (χ0v) is 5.55. The molecule has 0 aliphatic carbocycles. The highest BCUT2D eigenvalue weighted by Crippen LogP contribution is 2.23. The van der Waals surface area contributed by atoms with Gasteiger partial charge in [0.25, 0.3) is 0 Å². The molecular formula is C7H13NO. The van der Waals surface area contributed by atoms with E-state index in [0.29, 0.717) is 5.92 Å². The molecule has 2 atom stereocenters. The topological polar surface area (TPSA) is 35.2 Å². The fraction of sp³-hybridized carbons (Fsp3) is 0.714. The average Bonchev–Trinajstić information content (AvgIpc) is 1.82. The summed E-state index contributed by atoms with van der Waals surface area (Å²) >= 11 is 0. The van der Waals surface area contributed by atoms with E-state index in [9.17, 15) is 0 Å². The normalized spacial score (nSPS) is 33.4. The summed E-state index contributed by atoms with van der Waals surface area (Å²) < 4.78 is 5.17. The van der Waals surface area contributed by atoms with Gasteiger partial charge in [-0.3, -0.25) is 0 Å². The van der Waals surface area contributed by atoms with Crippen molar-refractivity contribution >= 4 is 0 Å². The Morgan fingerprint density at radius 3 is 2.89 bits per heavy atom. The van der Waals surface area contributed by atoms with Gasteiger partial charge in [-0.2, -0.15) is 0 Å². The van der Waals surface area contributed by atoms with Crippen LogP contribution in [0.1, 0.15) is 6.42 Å². The summed E-state index contributed by atoms with van der Waals surface area (Å²) in [7, 11) is 0. The molecule has 52 valence electrons. The third kappa shape index (κ3) is 1.32. The van der Waals surface area contributed by atoms with Crippen LogP contribution in [0.25, 0.3) is 0 Å². The molecule has 0 radical (unpaired) electrons. The monoisotopic (exact) mass is 127 g/mol. The molecule has 0 saturated carbocycles. The average molecular weight is 127 g/mol. The van der Waals surface area contributed by atoms with Crippen molar-refractivity contribution in [2.24, 2.45) is 11.7 Å². The van der Waals surface area contributed by atoms with Gasteiger partial charge in [0.2, 0.25) is 0 Å². The van der Waals surface area contributed by atoms with Gasteiger partial charge in [-0.25, -0.2) is 0 Å². The molecule has 1 aliphatic heterocycles. The van der Waals surface area contributed by atoms with Crippen LogP contribution in [0.2, 0.25) is 0 Å². The summed E-state index contributed by atoms with van der Waals surface area (Å²) in [5, 5.41) is 0. The van der Waals surface area contributed by atoms with Gasteiger partial charge in [-0.1, -0.05) is 6.08 Å². The molecule has 0 aromatic heterocycles. The van der Waals surface area contributed by atoms with Crippen molar-refractivity contribution in [3.8, 4) is 0 Å². The molecule has 2 nitrogen and oxygen atoms in total. The Hall–Kier alpha value is -0.340. The van der Waals surface area contributed by atoms with Crippen molar-refractivity contribution in [3.63, 3.8) is 0 Å². The Morgan fingerprint density at radius 1 is 1.78 bits per heavy atom. The number of ether oxygens (including phenoxy) is 1. The van der Waals surface area contributed by atoms with Gasteiger partial charge in [-0.15, -0.1) is 6.58 Å². The molecule has 0 spiro atoms. The molecule has 1 fully saturated rings. The highest BCUT2D eigenvalue weighted by Gasteiger charge is 2.27. The first-order valence-electron chi connectivity index (χ1n) is 3.32. The summed E-state index contributed by atoms with van der Waals surface area (Å²) in [4.78, 5) is 0. The highest BCUT2D eigenvalue weighted by atomic mass is 16.5. The predicted molar refractivity (Wildman–Crippen MR) is 37.1 cm³/mol. The molecule has 2 unspecified atom stereocenters. The fourth-order valence-corrected chi connectivity index (χ4v) is 1.07. The Morgan fingerprint density at radius 2 is 2.56 bits per heavy atom. The smallest absolute Gasteiger partial charge is 0.0803 e. The molecule has 0 aromatic rings. The van der Waals surface area contributed by atoms with E-state index < -0.39 is 0 Å². The zero-order chi connectivity index (χ0) is 6.69. The first-order valence-corrected chi connectivity index (χ1v) is 3.32. The largest absolute Gasteiger partial charge is 0.373 e. The SMILES string of the molecule is C=CC1OCC1CCN. The van der Waals surface area contributed by atoms with E-state index in [4.69, 9.17) is 10.5 Å². The van der Waals surface area contributed by atoms with E-state index in [1.165, 1.54) is 0 Å². The highest BCUT2D eigenvalue weighted by molar-refractivity contribution is 4.91. The number of rotatable bonds is 3. The van der Waals surface area contributed by atoms with Crippen molar-refractivity contribution < 1.29 is 4.74 Å². The van der Waals surface area contributed by atoms with Crippen molar-refractivity contribution in [3.05, 3.63) is 12.7 Å². The fourth-order valence-electron chi connectivity index (χ4n) is 1.07. The van der Waals surface area contributed by atoms with Crippen LogP contribution in [0.5, 0.6) is 0 Å². The van der Waals surface area contributed by atoms with Crippen LogP contribution >= 0.6 is 0 Å². The molecule has 1 aliphatic rings. The van der Waals surface area contributed by atoms with Gasteiger partial charge < -0.3 is 10.5 Å². The Kier molecular flexibility index (Phi) is 2.25. The first-order chi connectivity index (χ1) is 4.38. The van der Waals surface area contributed by atoms with E-state index in [0.717, 1.165) is 19.6 Å². The minimum atomic E-state index is 0.286. The summed E-state index contributed by atoms with van der Waals surface area (Å²) in [5.41, 5.74) is 5.37. The third-order valence-electron chi connectivity index (χ3n) is 1.74. The Balaban J connectivity index is 2.18. The van der Waals surface area contributed by atoms with Crippen LogP contribution in [0, 0.1) is 5.92 Å². The summed E-state index contributed by atoms with van der Waals surface area (Å²) in [6.45, 7) is 5.28. The number of hydrogen-bond donors (Lipinski definition) is 1. The maximum atomic E-state index is 5.37. The minimum Gasteiger partial charge on any atom is -0.373 e. The van der Waals surface area contributed by atoms with Crippen LogP contribution in [0.4, 0.5) is 0 Å². The molecule has 1 saturated heterocycles. The van der Waals surface area contributed by atoms with Crippen molar-refractivity contribution in [2.75, 3.05) is 13.2 Å². The van der Waals surface area contributed by atoms with Crippen molar-refractivity contribution in [1.29, 1.82) is 0 Å². The van der Waals surface area contributed by atoms with Gasteiger partial charge >= 0.3 is 0 Å². The Labute approximate surface area is 55.7 Å². The van der Waals surface area contributed by atoms with Gasteiger partial charge in [-0.05, 0) is 13.0 Å². The Bertz CT molecular complexity index is 103. The maximum Gasteiger partial charge on any atom is 0.0803 e. The lowest BCUT2D eigenvalue weighted by molar-refractivity contribution is -0.0865. The van der Waals surface area contributed by atoms with E-state index >= 15 is 0 Å². The lowest BCUT2D eigenvalue weighted by Gasteiger charge is -2.34. The van der Waals surface area contributed by atoms with Crippen molar-refractivity contribution in [2.45, 2.75) is 12.5 Å². The molecule has 1 heterocycles. The molecule has 0 bridgehead atoms. The molecule has 1 rings (SSSR count). The quantitative estimate of drug-likeness (QED) is 0.561. The number of nitrogens with two attached hydrogens (primary N) is 1. The molecule has 0 aromatic carbocycles. The van der Waals surface area contributed by atoms with Crippen molar-refractivity contribution in [1.82, 2.24) is 0 Å². The zero-order valence-electron chi connectivity index (χ0n) is 5.55. The molecule has 0 amide bonds. The second-order valence-electron chi connectivity index (χ2n) is 2.37. The minimum absolute atomic E-state index is 0.286. The van der Waals surface area contributed by atoms with E-state index in [-0.39, 0.29) is 6.10 Å². The maximum absolute atomic E-state index is 5.37. The lowest BCUT2D eigenvalue weighted by Crippen LogP contribution is -2.39. The first kappa shape index (κ1) is 6.78. The second kappa shape index (κ2) is 2.99. The van der Waals surface area contributed by atoms with Crippen LogP contribution < -0.4 is 5.73 Å². The molecule has 2 N–H and O–H groups in total. The summed E-state index contributed by atoms with van der Waals surface area (Å²) in [6, 6.07) is 0. The summed E-state index contributed by atoms with van der Waals surface area (Å²) in [5.74, 6) is 0.646. The summed E-state index contributed by atoms with van der Waals surface area (Å²) in [6.07, 6.45) is 3.20. The van der Waals surface area contributed by atoms with E-state index in [1.807, 2.05) is 6.08 Å².